The number of fused-ring (bicyclic) bond motifs is 5. The molecule has 0 saturated carbocycles. The zero-order chi connectivity index (χ0) is 27.6. The molecule has 0 saturated heterocycles. The summed E-state index contributed by atoms with van der Waals surface area (Å²) in [6.45, 7) is 4.67. The summed E-state index contributed by atoms with van der Waals surface area (Å²) < 4.78 is 6.72. The molecule has 6 aromatic rings. The van der Waals surface area contributed by atoms with Gasteiger partial charge in [-0.05, 0) is 62.7 Å². The van der Waals surface area contributed by atoms with E-state index in [-0.39, 0.29) is 5.41 Å². The number of hydrogen-bond acceptors (Lipinski definition) is 1. The third kappa shape index (κ3) is 3.36. The van der Waals surface area contributed by atoms with E-state index in [4.69, 9.17) is 4.74 Å². The maximum absolute atomic E-state index is 6.72. The number of ether oxygens (including phenoxy) is 1. The Hall–Kier alpha value is -4.88. The van der Waals surface area contributed by atoms with Crippen LogP contribution >= 0.6 is 0 Å². The van der Waals surface area contributed by atoms with Crippen LogP contribution in [-0.2, 0) is 10.8 Å². The zero-order valence-corrected chi connectivity index (χ0v) is 23.3. The van der Waals surface area contributed by atoms with Crippen molar-refractivity contribution in [1.29, 1.82) is 0 Å². The van der Waals surface area contributed by atoms with Crippen LogP contribution in [0, 0.1) is 0 Å². The van der Waals surface area contributed by atoms with E-state index in [9.17, 15) is 0 Å². The highest BCUT2D eigenvalue weighted by Gasteiger charge is 2.45. The van der Waals surface area contributed by atoms with Crippen LogP contribution in [0.25, 0.3) is 22.3 Å². The minimum Gasteiger partial charge on any atom is -0.457 e. The summed E-state index contributed by atoms with van der Waals surface area (Å²) in [5.74, 6) is 1.80. The first-order valence-corrected chi connectivity index (χ1v) is 14.4. The SMILES string of the molecule is CC1(C)c2ccccc2-c2ccc(-c3ccc4c(c3)Oc3ccccc3C4(c3ccccc3)c3ccccc3)cc21. The molecule has 0 bridgehead atoms. The molecule has 0 radical (unpaired) electrons. The van der Waals surface area contributed by atoms with Gasteiger partial charge in [-0.15, -0.1) is 0 Å². The lowest BCUT2D eigenvalue weighted by molar-refractivity contribution is 0.435. The van der Waals surface area contributed by atoms with Gasteiger partial charge in [-0.1, -0.05) is 141 Å². The van der Waals surface area contributed by atoms with Gasteiger partial charge in [-0.3, -0.25) is 0 Å². The molecule has 1 aliphatic carbocycles. The van der Waals surface area contributed by atoms with Crippen LogP contribution in [0.2, 0.25) is 0 Å². The monoisotopic (exact) mass is 526 g/mol. The second-order valence-corrected chi connectivity index (χ2v) is 11.7. The summed E-state index contributed by atoms with van der Waals surface area (Å²) in [6.07, 6.45) is 0. The van der Waals surface area contributed by atoms with Crippen LogP contribution in [0.5, 0.6) is 11.5 Å². The maximum atomic E-state index is 6.72. The fourth-order valence-corrected chi connectivity index (χ4v) is 7.27. The first kappa shape index (κ1) is 24.0. The molecule has 196 valence electrons. The first-order chi connectivity index (χ1) is 20.1. The van der Waals surface area contributed by atoms with Crippen LogP contribution in [0.1, 0.15) is 47.2 Å². The highest BCUT2D eigenvalue weighted by molar-refractivity contribution is 5.84. The Bertz CT molecular complexity index is 1890. The highest BCUT2D eigenvalue weighted by atomic mass is 16.5. The Morgan fingerprint density at radius 3 is 1.68 bits per heavy atom. The van der Waals surface area contributed by atoms with Crippen molar-refractivity contribution in [3.05, 3.63) is 179 Å². The molecule has 6 aromatic carbocycles. The van der Waals surface area contributed by atoms with Gasteiger partial charge in [0.2, 0.25) is 0 Å². The van der Waals surface area contributed by atoms with Crippen molar-refractivity contribution in [3.8, 4) is 33.8 Å². The summed E-state index contributed by atoms with van der Waals surface area (Å²) in [7, 11) is 0. The fraction of sp³-hybridized carbons (Fsp3) is 0.100. The lowest BCUT2D eigenvalue weighted by atomic mass is 9.63. The highest BCUT2D eigenvalue weighted by Crippen LogP contribution is 2.56. The minimum absolute atomic E-state index is 0.0403. The van der Waals surface area contributed by atoms with Crippen molar-refractivity contribution in [2.45, 2.75) is 24.7 Å². The molecule has 0 spiro atoms. The fourth-order valence-electron chi connectivity index (χ4n) is 7.27. The number of rotatable bonds is 3. The second kappa shape index (κ2) is 8.81. The van der Waals surface area contributed by atoms with Gasteiger partial charge >= 0.3 is 0 Å². The Balaban J connectivity index is 1.34. The Morgan fingerprint density at radius 1 is 0.415 bits per heavy atom. The molecule has 0 N–H and O–H groups in total. The molecule has 0 atom stereocenters. The maximum Gasteiger partial charge on any atom is 0.132 e. The van der Waals surface area contributed by atoms with Crippen molar-refractivity contribution in [2.24, 2.45) is 0 Å². The molecule has 1 heteroatoms. The molecule has 0 fully saturated rings. The Kier molecular flexibility index (Phi) is 5.15. The molecule has 0 aromatic heterocycles. The summed E-state index contributed by atoms with van der Waals surface area (Å²) in [5.41, 5.74) is 12.1. The van der Waals surface area contributed by atoms with E-state index < -0.39 is 5.41 Å². The number of hydrogen-bond donors (Lipinski definition) is 0. The van der Waals surface area contributed by atoms with Crippen molar-refractivity contribution in [3.63, 3.8) is 0 Å². The van der Waals surface area contributed by atoms with Crippen LogP contribution < -0.4 is 4.74 Å². The predicted octanol–water partition coefficient (Wildman–Crippen LogP) is 10.1. The smallest absolute Gasteiger partial charge is 0.132 e. The molecule has 1 heterocycles. The third-order valence-corrected chi connectivity index (χ3v) is 9.23. The summed E-state index contributed by atoms with van der Waals surface area (Å²) in [5, 5.41) is 0. The second-order valence-electron chi connectivity index (χ2n) is 11.7. The van der Waals surface area contributed by atoms with Gasteiger partial charge < -0.3 is 4.74 Å². The minimum atomic E-state index is -0.493. The van der Waals surface area contributed by atoms with E-state index in [1.807, 2.05) is 0 Å². The zero-order valence-electron chi connectivity index (χ0n) is 23.3. The van der Waals surface area contributed by atoms with Gasteiger partial charge in [0.15, 0.2) is 0 Å². The van der Waals surface area contributed by atoms with Gasteiger partial charge in [-0.25, -0.2) is 0 Å². The molecule has 0 unspecified atom stereocenters. The molecule has 0 amide bonds. The van der Waals surface area contributed by atoms with E-state index in [1.165, 1.54) is 38.9 Å². The van der Waals surface area contributed by atoms with Crippen LogP contribution in [0.3, 0.4) is 0 Å². The largest absolute Gasteiger partial charge is 0.457 e. The van der Waals surface area contributed by atoms with E-state index >= 15 is 0 Å². The van der Waals surface area contributed by atoms with Gasteiger partial charge in [0, 0.05) is 16.5 Å². The Morgan fingerprint density at radius 2 is 0.951 bits per heavy atom. The Labute approximate surface area is 241 Å². The molecule has 2 aliphatic rings. The van der Waals surface area contributed by atoms with E-state index in [0.717, 1.165) is 28.2 Å². The summed E-state index contributed by atoms with van der Waals surface area (Å²) in [6, 6.07) is 52.7. The van der Waals surface area contributed by atoms with Gasteiger partial charge in [0.1, 0.15) is 11.5 Å². The van der Waals surface area contributed by atoms with E-state index in [0.29, 0.717) is 0 Å². The third-order valence-electron chi connectivity index (χ3n) is 9.23. The van der Waals surface area contributed by atoms with Gasteiger partial charge in [0.25, 0.3) is 0 Å². The van der Waals surface area contributed by atoms with Crippen LogP contribution in [0.15, 0.2) is 146 Å². The first-order valence-electron chi connectivity index (χ1n) is 14.4. The topological polar surface area (TPSA) is 9.23 Å². The molecule has 1 aliphatic heterocycles. The molecular formula is C40H30O. The van der Waals surface area contributed by atoms with Crippen molar-refractivity contribution < 1.29 is 4.74 Å². The van der Waals surface area contributed by atoms with Crippen LogP contribution in [-0.4, -0.2) is 0 Å². The van der Waals surface area contributed by atoms with Crippen molar-refractivity contribution >= 4 is 0 Å². The van der Waals surface area contributed by atoms with Crippen LogP contribution in [0.4, 0.5) is 0 Å². The summed E-state index contributed by atoms with van der Waals surface area (Å²) >= 11 is 0. The van der Waals surface area contributed by atoms with Gasteiger partial charge in [-0.2, -0.15) is 0 Å². The average Bonchev–Trinajstić information content (AvgIpc) is 3.26. The van der Waals surface area contributed by atoms with Crippen molar-refractivity contribution in [2.75, 3.05) is 0 Å². The lowest BCUT2D eigenvalue weighted by Crippen LogP contribution is -2.34. The van der Waals surface area contributed by atoms with E-state index in [2.05, 4.69) is 159 Å². The number of benzene rings is 6. The molecule has 41 heavy (non-hydrogen) atoms. The van der Waals surface area contributed by atoms with Crippen molar-refractivity contribution in [1.82, 2.24) is 0 Å². The molecular weight excluding hydrogens is 496 g/mol. The predicted molar refractivity (Wildman–Crippen MR) is 168 cm³/mol. The molecule has 1 nitrogen and oxygen atoms in total. The quantitative estimate of drug-likeness (QED) is 0.223. The average molecular weight is 527 g/mol. The lowest BCUT2D eigenvalue weighted by Gasteiger charge is -2.41. The normalized spacial score (nSPS) is 15.2. The summed E-state index contributed by atoms with van der Waals surface area (Å²) in [4.78, 5) is 0. The molecule has 8 rings (SSSR count). The van der Waals surface area contributed by atoms with E-state index in [1.54, 1.807) is 0 Å². The van der Waals surface area contributed by atoms with Gasteiger partial charge in [0.05, 0.1) is 5.41 Å². The number of para-hydroxylation sites is 1. The standard InChI is InChI=1S/C40H30O/c1-39(2)33-18-10-9-17-31(33)32-23-21-27(25-36(32)39)28-22-24-35-38(26-28)41-37-20-12-11-19-34(37)40(35,29-13-5-3-6-14-29)30-15-7-4-8-16-30/h3-26H,1-2H3.